The monoisotopic (exact) mass is 465 g/mol. The average molecular weight is 466 g/mol. The maximum absolute atomic E-state index is 12.8. The first kappa shape index (κ1) is 22.5. The number of carbonyl (C=O) groups is 1. The zero-order chi connectivity index (χ0) is 21.7. The highest BCUT2D eigenvalue weighted by Crippen LogP contribution is 2.31. The number of ether oxygens (including phenoxy) is 1. The van der Waals surface area contributed by atoms with E-state index < -0.39 is 10.0 Å². The van der Waals surface area contributed by atoms with E-state index >= 15 is 0 Å². The molecule has 3 aromatic rings. The molecule has 30 heavy (non-hydrogen) atoms. The van der Waals surface area contributed by atoms with E-state index in [1.165, 1.54) is 46.6 Å². The molecule has 0 fully saturated rings. The van der Waals surface area contributed by atoms with Crippen molar-refractivity contribution >= 4 is 54.9 Å². The van der Waals surface area contributed by atoms with Crippen molar-refractivity contribution in [3.05, 3.63) is 42.5 Å². The van der Waals surface area contributed by atoms with Crippen LogP contribution >= 0.6 is 23.1 Å². The van der Waals surface area contributed by atoms with Crippen LogP contribution in [0.3, 0.4) is 0 Å². The maximum Gasteiger partial charge on any atom is 0.243 e. The van der Waals surface area contributed by atoms with Gasteiger partial charge < -0.3 is 10.1 Å². The zero-order valence-electron chi connectivity index (χ0n) is 16.9. The van der Waals surface area contributed by atoms with Crippen LogP contribution in [-0.4, -0.2) is 49.6 Å². The number of thioether (sulfide) groups is 1. The van der Waals surface area contributed by atoms with Gasteiger partial charge in [-0.1, -0.05) is 37.7 Å². The van der Waals surface area contributed by atoms with Gasteiger partial charge >= 0.3 is 0 Å². The second kappa shape index (κ2) is 9.78. The molecule has 0 spiro atoms. The van der Waals surface area contributed by atoms with Gasteiger partial charge in [0.2, 0.25) is 15.9 Å². The van der Waals surface area contributed by atoms with Gasteiger partial charge in [-0.2, -0.15) is 4.31 Å². The topological polar surface area (TPSA) is 88.6 Å². The number of aromatic nitrogens is 1. The Hall–Kier alpha value is -2.14. The molecule has 0 saturated heterocycles. The number of anilines is 1. The normalized spacial score (nSPS) is 11.7. The SMILES string of the molecule is CCN(CC)S(=O)(=O)c1ccc(OC)c(NC(=O)CSc2nc3ccccc3s2)c1. The molecule has 1 aromatic heterocycles. The molecule has 0 radical (unpaired) electrons. The van der Waals surface area contributed by atoms with Crippen molar-refractivity contribution in [3.63, 3.8) is 0 Å². The number of hydrogen-bond donors (Lipinski definition) is 1. The third kappa shape index (κ3) is 4.94. The molecule has 7 nitrogen and oxygen atoms in total. The zero-order valence-corrected chi connectivity index (χ0v) is 19.4. The van der Waals surface area contributed by atoms with E-state index in [9.17, 15) is 13.2 Å². The minimum Gasteiger partial charge on any atom is -0.495 e. The number of benzene rings is 2. The van der Waals surface area contributed by atoms with Crippen LogP contribution in [0.2, 0.25) is 0 Å². The fraction of sp³-hybridized carbons (Fsp3) is 0.300. The summed E-state index contributed by atoms with van der Waals surface area (Å²) in [5, 5.41) is 2.76. The molecule has 2 aromatic carbocycles. The maximum atomic E-state index is 12.8. The molecule has 0 saturated carbocycles. The minimum absolute atomic E-state index is 0.112. The highest BCUT2D eigenvalue weighted by atomic mass is 32.2. The number of nitrogens with one attached hydrogen (secondary N) is 1. The lowest BCUT2D eigenvalue weighted by atomic mass is 10.3. The van der Waals surface area contributed by atoms with Crippen LogP contribution in [-0.2, 0) is 14.8 Å². The molecular formula is C20H23N3O4S3. The van der Waals surface area contributed by atoms with Crippen molar-refractivity contribution in [2.45, 2.75) is 23.1 Å². The molecule has 0 atom stereocenters. The fourth-order valence-electron chi connectivity index (χ4n) is 2.88. The number of para-hydroxylation sites is 1. The van der Waals surface area contributed by atoms with Crippen molar-refractivity contribution < 1.29 is 17.9 Å². The first-order valence-electron chi connectivity index (χ1n) is 9.35. The minimum atomic E-state index is -3.64. The van der Waals surface area contributed by atoms with Crippen LogP contribution in [0.25, 0.3) is 10.2 Å². The van der Waals surface area contributed by atoms with E-state index in [1.807, 2.05) is 24.3 Å². The molecule has 160 valence electrons. The molecule has 1 N–H and O–H groups in total. The summed E-state index contributed by atoms with van der Waals surface area (Å²) in [4.78, 5) is 17.1. The van der Waals surface area contributed by atoms with Gasteiger partial charge in [0.05, 0.1) is 33.7 Å². The number of rotatable bonds is 9. The van der Waals surface area contributed by atoms with E-state index in [-0.39, 0.29) is 16.6 Å². The van der Waals surface area contributed by atoms with Crippen LogP contribution in [0.1, 0.15) is 13.8 Å². The van der Waals surface area contributed by atoms with E-state index in [1.54, 1.807) is 19.9 Å². The summed E-state index contributed by atoms with van der Waals surface area (Å²) in [5.41, 5.74) is 1.22. The number of thiazole rings is 1. The Labute approximate surface area is 184 Å². The number of nitrogens with zero attached hydrogens (tertiary/aromatic N) is 2. The van der Waals surface area contributed by atoms with Gasteiger partial charge in [-0.3, -0.25) is 4.79 Å². The van der Waals surface area contributed by atoms with Crippen LogP contribution in [0.15, 0.2) is 51.7 Å². The van der Waals surface area contributed by atoms with Crippen molar-refractivity contribution in [1.82, 2.24) is 9.29 Å². The van der Waals surface area contributed by atoms with Crippen molar-refractivity contribution in [2.24, 2.45) is 0 Å². The summed E-state index contributed by atoms with van der Waals surface area (Å²) in [6.07, 6.45) is 0. The van der Waals surface area contributed by atoms with Crippen LogP contribution in [0, 0.1) is 0 Å². The van der Waals surface area contributed by atoms with E-state index in [0.717, 1.165) is 14.6 Å². The van der Waals surface area contributed by atoms with Crippen LogP contribution < -0.4 is 10.1 Å². The van der Waals surface area contributed by atoms with Crippen molar-refractivity contribution in [3.8, 4) is 5.75 Å². The van der Waals surface area contributed by atoms with Gasteiger partial charge in [0, 0.05) is 13.1 Å². The molecule has 3 rings (SSSR count). The third-order valence-corrected chi connectivity index (χ3v) is 8.61. The second-order valence-corrected chi connectivity index (χ2v) is 10.4. The molecule has 1 heterocycles. The van der Waals surface area contributed by atoms with Gasteiger partial charge in [0.25, 0.3) is 0 Å². The average Bonchev–Trinajstić information content (AvgIpc) is 3.16. The number of hydrogen-bond acceptors (Lipinski definition) is 7. The van der Waals surface area contributed by atoms with Crippen LogP contribution in [0.4, 0.5) is 5.69 Å². The highest BCUT2D eigenvalue weighted by molar-refractivity contribution is 8.01. The quantitative estimate of drug-likeness (QED) is 0.479. The lowest BCUT2D eigenvalue weighted by Crippen LogP contribution is -2.30. The van der Waals surface area contributed by atoms with Gasteiger partial charge in [-0.25, -0.2) is 13.4 Å². The van der Waals surface area contributed by atoms with Gasteiger partial charge in [-0.05, 0) is 30.3 Å². The summed E-state index contributed by atoms with van der Waals surface area (Å²) < 4.78 is 34.1. The molecule has 10 heteroatoms. The lowest BCUT2D eigenvalue weighted by Gasteiger charge is -2.19. The van der Waals surface area contributed by atoms with Gasteiger partial charge in [0.15, 0.2) is 4.34 Å². The number of amides is 1. The van der Waals surface area contributed by atoms with E-state index in [2.05, 4.69) is 10.3 Å². The van der Waals surface area contributed by atoms with Gasteiger partial charge in [0.1, 0.15) is 5.75 Å². The predicted octanol–water partition coefficient (Wildman–Crippen LogP) is 4.07. The summed E-state index contributed by atoms with van der Waals surface area (Å²) in [7, 11) is -2.17. The molecule has 0 unspecified atom stereocenters. The summed E-state index contributed by atoms with van der Waals surface area (Å²) in [6.45, 7) is 4.30. The number of fused-ring (bicyclic) bond motifs is 1. The molecule has 0 aliphatic rings. The van der Waals surface area contributed by atoms with Crippen molar-refractivity contribution in [1.29, 1.82) is 0 Å². The molecule has 0 bridgehead atoms. The Bertz CT molecular complexity index is 1110. The second-order valence-electron chi connectivity index (χ2n) is 6.24. The number of methoxy groups -OCH3 is 1. The first-order chi connectivity index (χ1) is 14.4. The standard InChI is InChI=1S/C20H23N3O4S3/c1-4-23(5-2)30(25,26)14-10-11-17(27-3)16(12-14)21-19(24)13-28-20-22-15-8-6-7-9-18(15)29-20/h6-12H,4-5,13H2,1-3H3,(H,21,24). The largest absolute Gasteiger partial charge is 0.495 e. The fourth-order valence-corrected chi connectivity index (χ4v) is 6.24. The Balaban J connectivity index is 1.74. The Morgan fingerprint density at radius 3 is 2.60 bits per heavy atom. The number of carbonyl (C=O) groups excluding carboxylic acids is 1. The highest BCUT2D eigenvalue weighted by Gasteiger charge is 2.23. The van der Waals surface area contributed by atoms with E-state index in [4.69, 9.17) is 4.74 Å². The number of sulfonamides is 1. The Morgan fingerprint density at radius 2 is 1.93 bits per heavy atom. The molecule has 1 amide bonds. The predicted molar refractivity (Wildman–Crippen MR) is 122 cm³/mol. The molecular weight excluding hydrogens is 442 g/mol. The van der Waals surface area contributed by atoms with E-state index in [0.29, 0.717) is 24.5 Å². The Kier molecular flexibility index (Phi) is 7.35. The third-order valence-electron chi connectivity index (χ3n) is 4.39. The molecule has 0 aliphatic heterocycles. The summed E-state index contributed by atoms with van der Waals surface area (Å²) in [5.74, 6) is 0.275. The smallest absolute Gasteiger partial charge is 0.243 e. The summed E-state index contributed by atoms with van der Waals surface area (Å²) >= 11 is 2.87. The summed E-state index contributed by atoms with van der Waals surface area (Å²) in [6, 6.07) is 12.3. The lowest BCUT2D eigenvalue weighted by molar-refractivity contribution is -0.113. The van der Waals surface area contributed by atoms with Crippen LogP contribution in [0.5, 0.6) is 5.75 Å². The Morgan fingerprint density at radius 1 is 1.20 bits per heavy atom. The van der Waals surface area contributed by atoms with Crippen molar-refractivity contribution in [2.75, 3.05) is 31.3 Å². The molecule has 0 aliphatic carbocycles. The first-order valence-corrected chi connectivity index (χ1v) is 12.6. The van der Waals surface area contributed by atoms with Gasteiger partial charge in [-0.15, -0.1) is 11.3 Å².